The third kappa shape index (κ3) is 4.41. The van der Waals surface area contributed by atoms with E-state index in [1.54, 1.807) is 14.2 Å². The van der Waals surface area contributed by atoms with Crippen molar-refractivity contribution in [1.82, 2.24) is 9.97 Å². The van der Waals surface area contributed by atoms with Crippen molar-refractivity contribution in [3.63, 3.8) is 0 Å². The lowest BCUT2D eigenvalue weighted by molar-refractivity contribution is 0.354. The summed E-state index contributed by atoms with van der Waals surface area (Å²) < 4.78 is 10.6. The van der Waals surface area contributed by atoms with E-state index in [-0.39, 0.29) is 0 Å². The van der Waals surface area contributed by atoms with Gasteiger partial charge in [-0.05, 0) is 37.0 Å². The average molecular weight is 335 g/mol. The van der Waals surface area contributed by atoms with E-state index in [1.807, 2.05) is 36.5 Å². The van der Waals surface area contributed by atoms with Crippen LogP contribution in [0.5, 0.6) is 11.5 Å². The van der Waals surface area contributed by atoms with Crippen LogP contribution in [0, 0.1) is 6.42 Å². The molecule has 0 atom stereocenters. The van der Waals surface area contributed by atoms with E-state index in [9.17, 15) is 0 Å². The lowest BCUT2D eigenvalue weighted by atomic mass is 10.1. The Morgan fingerprint density at radius 1 is 1.00 bits per heavy atom. The van der Waals surface area contributed by atoms with E-state index in [1.165, 1.54) is 5.56 Å². The normalized spacial score (nSPS) is 10.6. The highest BCUT2D eigenvalue weighted by atomic mass is 16.5. The summed E-state index contributed by atoms with van der Waals surface area (Å²) in [6.07, 6.45) is 7.11. The van der Waals surface area contributed by atoms with Crippen molar-refractivity contribution in [2.75, 3.05) is 14.2 Å². The Bertz CT molecular complexity index is 797. The van der Waals surface area contributed by atoms with E-state index in [0.29, 0.717) is 0 Å². The van der Waals surface area contributed by atoms with Gasteiger partial charge in [0.1, 0.15) is 5.82 Å². The van der Waals surface area contributed by atoms with Crippen LogP contribution in [0.4, 0.5) is 0 Å². The molecule has 0 bridgehead atoms. The number of nitrogens with zero attached hydrogens (tertiary/aromatic N) is 1. The van der Waals surface area contributed by atoms with Crippen LogP contribution in [0.2, 0.25) is 0 Å². The zero-order chi connectivity index (χ0) is 17.5. The first-order valence-corrected chi connectivity index (χ1v) is 8.45. The van der Waals surface area contributed by atoms with Gasteiger partial charge in [-0.1, -0.05) is 36.4 Å². The average Bonchev–Trinajstić information content (AvgIpc) is 3.14. The molecule has 3 rings (SSSR count). The van der Waals surface area contributed by atoms with Crippen LogP contribution in [0.25, 0.3) is 11.3 Å². The Labute approximate surface area is 148 Å². The highest BCUT2D eigenvalue weighted by Gasteiger charge is 2.06. The van der Waals surface area contributed by atoms with E-state index >= 15 is 0 Å². The van der Waals surface area contributed by atoms with Gasteiger partial charge in [-0.15, -0.1) is 0 Å². The lowest BCUT2D eigenvalue weighted by Crippen LogP contribution is -1.93. The number of unbranched alkanes of at least 4 members (excludes halogenated alkanes) is 1. The number of methoxy groups -OCH3 is 2. The fraction of sp³-hybridized carbons (Fsp3) is 0.238. The second-order valence-corrected chi connectivity index (χ2v) is 5.82. The van der Waals surface area contributed by atoms with E-state index < -0.39 is 0 Å². The van der Waals surface area contributed by atoms with Crippen molar-refractivity contribution in [2.45, 2.75) is 19.3 Å². The maximum atomic E-state index is 5.35. The number of benzene rings is 2. The maximum absolute atomic E-state index is 5.35. The molecule has 129 valence electrons. The lowest BCUT2D eigenvalue weighted by Gasteiger charge is -2.09. The number of aromatic amines is 1. The third-order valence-electron chi connectivity index (χ3n) is 4.12. The van der Waals surface area contributed by atoms with Gasteiger partial charge in [-0.3, -0.25) is 0 Å². The Balaban J connectivity index is 1.50. The van der Waals surface area contributed by atoms with Crippen LogP contribution in [-0.4, -0.2) is 24.2 Å². The van der Waals surface area contributed by atoms with E-state index in [4.69, 9.17) is 9.47 Å². The molecule has 4 heteroatoms. The minimum Gasteiger partial charge on any atom is -0.493 e. The van der Waals surface area contributed by atoms with Gasteiger partial charge in [0.2, 0.25) is 0 Å². The molecule has 0 aliphatic rings. The van der Waals surface area contributed by atoms with Gasteiger partial charge < -0.3 is 14.5 Å². The second kappa shape index (κ2) is 8.38. The number of imidazole rings is 1. The number of ether oxygens (including phenoxy) is 2. The summed E-state index contributed by atoms with van der Waals surface area (Å²) in [6, 6.07) is 16.3. The molecule has 1 radical (unpaired) electrons. The summed E-state index contributed by atoms with van der Waals surface area (Å²) in [5.74, 6) is 2.47. The molecule has 0 aliphatic heterocycles. The van der Waals surface area contributed by atoms with Crippen molar-refractivity contribution in [1.29, 1.82) is 0 Å². The van der Waals surface area contributed by atoms with Crippen molar-refractivity contribution < 1.29 is 9.47 Å². The minimum atomic E-state index is 0.766. The van der Waals surface area contributed by atoms with Gasteiger partial charge >= 0.3 is 0 Å². The molecule has 25 heavy (non-hydrogen) atoms. The van der Waals surface area contributed by atoms with E-state index in [0.717, 1.165) is 47.8 Å². The number of hydrogen-bond acceptors (Lipinski definition) is 3. The Morgan fingerprint density at radius 3 is 2.56 bits per heavy atom. The van der Waals surface area contributed by atoms with Crippen LogP contribution < -0.4 is 9.47 Å². The molecule has 4 nitrogen and oxygen atoms in total. The summed E-state index contributed by atoms with van der Waals surface area (Å²) in [5, 5.41) is 0. The van der Waals surface area contributed by atoms with Crippen LogP contribution in [0.1, 0.15) is 24.2 Å². The molecule has 1 N–H and O–H groups in total. The first kappa shape index (κ1) is 17.1. The molecule has 1 aromatic heterocycles. The van der Waals surface area contributed by atoms with Gasteiger partial charge in [0, 0.05) is 18.2 Å². The first-order valence-electron chi connectivity index (χ1n) is 8.45. The smallest absolute Gasteiger partial charge is 0.160 e. The number of aryl methyl sites for hydroxylation is 1. The van der Waals surface area contributed by atoms with E-state index in [2.05, 4.69) is 34.6 Å². The Morgan fingerprint density at radius 2 is 1.80 bits per heavy atom. The SMILES string of the molecule is COc1ccc(CCC[CH]c2nc(-c3ccccc3)c[nH]2)cc1OC. The highest BCUT2D eigenvalue weighted by Crippen LogP contribution is 2.28. The zero-order valence-corrected chi connectivity index (χ0v) is 14.7. The highest BCUT2D eigenvalue weighted by molar-refractivity contribution is 5.58. The fourth-order valence-electron chi connectivity index (χ4n) is 2.78. The maximum Gasteiger partial charge on any atom is 0.160 e. The van der Waals surface area contributed by atoms with Crippen molar-refractivity contribution in [2.24, 2.45) is 0 Å². The molecule has 0 saturated carbocycles. The number of hydrogen-bond donors (Lipinski definition) is 1. The minimum absolute atomic E-state index is 0.766. The standard InChI is InChI=1S/C21H23N2O2/c1-24-19-13-12-16(14-20(19)25-2)8-6-7-11-21-22-15-18(23-21)17-9-4-3-5-10-17/h3-5,9-15H,6-8H2,1-2H3,(H,22,23). The molecule has 0 saturated heterocycles. The fourth-order valence-corrected chi connectivity index (χ4v) is 2.78. The summed E-state index contributed by atoms with van der Waals surface area (Å²) in [6.45, 7) is 0. The van der Waals surface area contributed by atoms with Gasteiger partial charge in [0.15, 0.2) is 11.5 Å². The van der Waals surface area contributed by atoms with Gasteiger partial charge in [-0.2, -0.15) is 0 Å². The molecular formula is C21H23N2O2. The van der Waals surface area contributed by atoms with Crippen LogP contribution in [-0.2, 0) is 6.42 Å². The molecule has 1 heterocycles. The van der Waals surface area contributed by atoms with Crippen LogP contribution in [0.15, 0.2) is 54.7 Å². The summed E-state index contributed by atoms with van der Waals surface area (Å²) in [7, 11) is 3.32. The predicted octanol–water partition coefficient (Wildman–Crippen LogP) is 4.67. The largest absolute Gasteiger partial charge is 0.493 e. The monoisotopic (exact) mass is 335 g/mol. The zero-order valence-electron chi connectivity index (χ0n) is 14.7. The van der Waals surface area contributed by atoms with Crippen molar-refractivity contribution in [3.8, 4) is 22.8 Å². The molecule has 0 spiro atoms. The Hall–Kier alpha value is -2.75. The predicted molar refractivity (Wildman–Crippen MR) is 99.9 cm³/mol. The third-order valence-corrected chi connectivity index (χ3v) is 4.12. The molecule has 2 aromatic carbocycles. The summed E-state index contributed by atoms with van der Waals surface area (Å²) >= 11 is 0. The molecule has 0 fully saturated rings. The number of nitrogens with one attached hydrogen (secondary N) is 1. The molecule has 0 aliphatic carbocycles. The topological polar surface area (TPSA) is 47.1 Å². The van der Waals surface area contributed by atoms with Gasteiger partial charge in [0.05, 0.1) is 19.9 Å². The summed E-state index contributed by atoms with van der Waals surface area (Å²) in [5.41, 5.74) is 3.35. The summed E-state index contributed by atoms with van der Waals surface area (Å²) in [4.78, 5) is 7.86. The Kier molecular flexibility index (Phi) is 5.73. The van der Waals surface area contributed by atoms with Crippen LogP contribution >= 0.6 is 0 Å². The van der Waals surface area contributed by atoms with Crippen LogP contribution in [0.3, 0.4) is 0 Å². The number of rotatable bonds is 8. The second-order valence-electron chi connectivity index (χ2n) is 5.82. The van der Waals surface area contributed by atoms with Crippen molar-refractivity contribution >= 4 is 0 Å². The quantitative estimate of drug-likeness (QED) is 0.609. The molecule has 3 aromatic rings. The van der Waals surface area contributed by atoms with Gasteiger partial charge in [0.25, 0.3) is 0 Å². The van der Waals surface area contributed by atoms with Gasteiger partial charge in [-0.25, -0.2) is 4.98 Å². The molecule has 0 unspecified atom stereocenters. The molecule has 0 amide bonds. The van der Waals surface area contributed by atoms with Crippen molar-refractivity contribution in [3.05, 3.63) is 72.5 Å². The number of aromatic nitrogens is 2. The number of H-pyrrole nitrogens is 1. The first-order chi connectivity index (χ1) is 12.3. The molecular weight excluding hydrogens is 312 g/mol.